The Morgan fingerprint density at radius 1 is 1.12 bits per heavy atom. The predicted octanol–water partition coefficient (Wildman–Crippen LogP) is 1.73. The first-order chi connectivity index (χ1) is 12.0. The highest BCUT2D eigenvalue weighted by Gasteiger charge is 2.37. The van der Waals surface area contributed by atoms with Gasteiger partial charge in [0.15, 0.2) is 5.13 Å². The van der Waals surface area contributed by atoms with Crippen LogP contribution in [0.15, 0.2) is 18.2 Å². The minimum atomic E-state index is 0.0534. The second kappa shape index (κ2) is 6.29. The molecule has 2 saturated heterocycles. The summed E-state index contributed by atoms with van der Waals surface area (Å²) < 4.78 is 1.20. The number of rotatable bonds is 2. The molecular weight excluding hydrogens is 336 g/mol. The van der Waals surface area contributed by atoms with E-state index in [0.29, 0.717) is 26.2 Å². The van der Waals surface area contributed by atoms with E-state index in [9.17, 15) is 9.59 Å². The van der Waals surface area contributed by atoms with Gasteiger partial charge in [-0.05, 0) is 24.6 Å². The van der Waals surface area contributed by atoms with E-state index in [2.05, 4.69) is 35.0 Å². The molecule has 2 amide bonds. The molecule has 1 aromatic heterocycles. The molecule has 4 rings (SSSR count). The number of carbonyl (C=O) groups excluding carboxylic acids is 2. The Hall–Kier alpha value is -2.15. The monoisotopic (exact) mass is 358 g/mol. The van der Waals surface area contributed by atoms with Crippen molar-refractivity contribution in [3.05, 3.63) is 23.8 Å². The van der Waals surface area contributed by atoms with Gasteiger partial charge in [0.2, 0.25) is 11.8 Å². The van der Waals surface area contributed by atoms with E-state index < -0.39 is 0 Å². The van der Waals surface area contributed by atoms with Crippen LogP contribution in [-0.2, 0) is 9.59 Å². The molecule has 0 bridgehead atoms. The largest absolute Gasteiger partial charge is 0.346 e. The van der Waals surface area contributed by atoms with Gasteiger partial charge in [0, 0.05) is 46.2 Å². The first-order valence-electron chi connectivity index (χ1n) is 8.68. The summed E-state index contributed by atoms with van der Waals surface area (Å²) in [6.45, 7) is 7.74. The Morgan fingerprint density at radius 2 is 1.80 bits per heavy atom. The Kier molecular flexibility index (Phi) is 4.11. The summed E-state index contributed by atoms with van der Waals surface area (Å²) in [5.41, 5.74) is 2.27. The number of piperazine rings is 1. The lowest BCUT2D eigenvalue weighted by molar-refractivity contribution is -0.141. The number of fused-ring (bicyclic) bond motifs is 1. The predicted molar refractivity (Wildman–Crippen MR) is 98.9 cm³/mol. The topological polar surface area (TPSA) is 56.8 Å². The molecule has 132 valence electrons. The summed E-state index contributed by atoms with van der Waals surface area (Å²) in [7, 11) is 0. The molecule has 7 heteroatoms. The number of aromatic nitrogens is 1. The van der Waals surface area contributed by atoms with Crippen LogP contribution < -0.4 is 4.90 Å². The molecule has 0 N–H and O–H groups in total. The van der Waals surface area contributed by atoms with E-state index in [4.69, 9.17) is 0 Å². The van der Waals surface area contributed by atoms with Gasteiger partial charge in [0.25, 0.3) is 0 Å². The van der Waals surface area contributed by atoms with Crippen molar-refractivity contribution in [3.8, 4) is 0 Å². The molecule has 2 fully saturated rings. The second-order valence-corrected chi connectivity index (χ2v) is 7.91. The van der Waals surface area contributed by atoms with E-state index in [1.807, 2.05) is 4.90 Å². The van der Waals surface area contributed by atoms with Crippen LogP contribution in [-0.4, -0.2) is 65.9 Å². The summed E-state index contributed by atoms with van der Waals surface area (Å²) in [4.78, 5) is 34.6. The lowest BCUT2D eigenvalue weighted by atomic mass is 9.99. The van der Waals surface area contributed by atoms with Crippen molar-refractivity contribution in [2.45, 2.75) is 13.8 Å². The Morgan fingerprint density at radius 3 is 2.48 bits per heavy atom. The van der Waals surface area contributed by atoms with Crippen molar-refractivity contribution in [1.29, 1.82) is 0 Å². The fourth-order valence-electron chi connectivity index (χ4n) is 3.45. The van der Waals surface area contributed by atoms with Crippen molar-refractivity contribution in [2.75, 3.05) is 44.2 Å². The number of thiazole rings is 1. The summed E-state index contributed by atoms with van der Waals surface area (Å²) >= 11 is 1.69. The Labute approximate surface area is 151 Å². The summed E-state index contributed by atoms with van der Waals surface area (Å²) in [5, 5.41) is 1.01. The fourth-order valence-corrected chi connectivity index (χ4v) is 4.53. The number of nitrogens with zero attached hydrogens (tertiary/aromatic N) is 4. The van der Waals surface area contributed by atoms with Crippen molar-refractivity contribution >= 4 is 38.5 Å². The van der Waals surface area contributed by atoms with E-state index in [1.54, 1.807) is 23.2 Å². The maximum absolute atomic E-state index is 12.6. The van der Waals surface area contributed by atoms with E-state index in [0.717, 1.165) is 23.7 Å². The minimum absolute atomic E-state index is 0.0534. The van der Waals surface area contributed by atoms with E-state index >= 15 is 0 Å². The molecule has 0 spiro atoms. The van der Waals surface area contributed by atoms with E-state index in [-0.39, 0.29) is 17.7 Å². The quantitative estimate of drug-likeness (QED) is 0.820. The zero-order valence-corrected chi connectivity index (χ0v) is 15.4. The van der Waals surface area contributed by atoms with Crippen molar-refractivity contribution < 1.29 is 9.59 Å². The molecule has 0 atom stereocenters. The van der Waals surface area contributed by atoms with Crippen LogP contribution in [0.4, 0.5) is 5.13 Å². The zero-order chi connectivity index (χ0) is 17.6. The smallest absolute Gasteiger partial charge is 0.229 e. The standard InChI is InChI=1S/C18H22N4O2S/c1-12-3-4-15-16(9-12)25-18(19-15)22-10-14(11-22)17(24)21-7-5-20(6-8-21)13(2)23/h3-4,9,14H,5-8,10-11H2,1-2H3. The molecule has 0 unspecified atom stereocenters. The third kappa shape index (κ3) is 3.08. The van der Waals surface area contributed by atoms with Crippen LogP contribution in [0, 0.1) is 12.8 Å². The number of hydrogen-bond donors (Lipinski definition) is 0. The van der Waals surface area contributed by atoms with Gasteiger partial charge in [-0.25, -0.2) is 4.98 Å². The van der Waals surface area contributed by atoms with Gasteiger partial charge in [0.05, 0.1) is 16.1 Å². The molecular formula is C18H22N4O2S. The van der Waals surface area contributed by atoms with Crippen LogP contribution in [0.25, 0.3) is 10.2 Å². The highest BCUT2D eigenvalue weighted by atomic mass is 32.1. The SMILES string of the molecule is CC(=O)N1CCN(C(=O)C2CN(c3nc4ccc(C)cc4s3)C2)CC1. The number of carbonyl (C=O) groups is 2. The summed E-state index contributed by atoms with van der Waals surface area (Å²) in [6.07, 6.45) is 0. The maximum Gasteiger partial charge on any atom is 0.229 e. The summed E-state index contributed by atoms with van der Waals surface area (Å²) in [5.74, 6) is 0.363. The second-order valence-electron chi connectivity index (χ2n) is 6.90. The molecule has 0 radical (unpaired) electrons. The van der Waals surface area contributed by atoms with Gasteiger partial charge < -0.3 is 14.7 Å². The number of aryl methyl sites for hydroxylation is 1. The van der Waals surface area contributed by atoms with Crippen LogP contribution in [0.5, 0.6) is 0 Å². The lowest BCUT2D eigenvalue weighted by Crippen LogP contribution is -2.58. The van der Waals surface area contributed by atoms with Crippen molar-refractivity contribution in [1.82, 2.24) is 14.8 Å². The third-order valence-electron chi connectivity index (χ3n) is 5.07. The first kappa shape index (κ1) is 16.3. The molecule has 1 aromatic carbocycles. The van der Waals surface area contributed by atoms with Crippen molar-refractivity contribution in [2.24, 2.45) is 5.92 Å². The van der Waals surface area contributed by atoms with Crippen molar-refractivity contribution in [3.63, 3.8) is 0 Å². The van der Waals surface area contributed by atoms with Crippen LogP contribution in [0.2, 0.25) is 0 Å². The molecule has 6 nitrogen and oxygen atoms in total. The number of hydrogen-bond acceptors (Lipinski definition) is 5. The summed E-state index contributed by atoms with van der Waals surface area (Å²) in [6, 6.07) is 6.30. The molecule has 0 saturated carbocycles. The number of benzene rings is 1. The first-order valence-corrected chi connectivity index (χ1v) is 9.49. The van der Waals surface area contributed by atoms with Gasteiger partial charge >= 0.3 is 0 Å². The molecule has 2 aromatic rings. The molecule has 0 aliphatic carbocycles. The molecule has 3 heterocycles. The molecule has 2 aliphatic rings. The molecule has 2 aliphatic heterocycles. The number of anilines is 1. The normalized spacial score (nSPS) is 18.6. The fraction of sp³-hybridized carbons (Fsp3) is 0.500. The Bertz CT molecular complexity index is 820. The van der Waals surface area contributed by atoms with Gasteiger partial charge in [0.1, 0.15) is 0 Å². The highest BCUT2D eigenvalue weighted by molar-refractivity contribution is 7.22. The van der Waals surface area contributed by atoms with Crippen LogP contribution in [0.1, 0.15) is 12.5 Å². The van der Waals surface area contributed by atoms with Gasteiger partial charge in [-0.2, -0.15) is 0 Å². The Balaban J connectivity index is 1.35. The average Bonchev–Trinajstić information content (AvgIpc) is 2.95. The molecule has 25 heavy (non-hydrogen) atoms. The van der Waals surface area contributed by atoms with Gasteiger partial charge in [-0.3, -0.25) is 9.59 Å². The van der Waals surface area contributed by atoms with E-state index in [1.165, 1.54) is 10.3 Å². The lowest BCUT2D eigenvalue weighted by Gasteiger charge is -2.42. The van der Waals surface area contributed by atoms with Crippen LogP contribution >= 0.6 is 11.3 Å². The van der Waals surface area contributed by atoms with Gasteiger partial charge in [-0.1, -0.05) is 17.4 Å². The minimum Gasteiger partial charge on any atom is -0.346 e. The van der Waals surface area contributed by atoms with Crippen LogP contribution in [0.3, 0.4) is 0 Å². The maximum atomic E-state index is 12.6. The third-order valence-corrected chi connectivity index (χ3v) is 6.15. The van der Waals surface area contributed by atoms with Gasteiger partial charge in [-0.15, -0.1) is 0 Å². The highest BCUT2D eigenvalue weighted by Crippen LogP contribution is 2.33. The zero-order valence-electron chi connectivity index (χ0n) is 14.6. The average molecular weight is 358 g/mol. The number of amides is 2.